The molecule has 7 heteroatoms. The standard InChI is InChI=1S/C12H15N5O2/c1-12(2,3)19-11(18)9-6-8(13)4-5-10(9)17-7-14-15-16-17/h4-7H,13H2,1-3H3. The Morgan fingerprint density at radius 3 is 2.68 bits per heavy atom. The van der Waals surface area contributed by atoms with Gasteiger partial charge in [0.25, 0.3) is 0 Å². The zero-order valence-corrected chi connectivity index (χ0v) is 11.0. The first-order valence-electron chi connectivity index (χ1n) is 5.73. The van der Waals surface area contributed by atoms with Gasteiger partial charge in [-0.2, -0.15) is 4.68 Å². The van der Waals surface area contributed by atoms with Crippen LogP contribution in [0.4, 0.5) is 5.69 Å². The number of esters is 1. The first-order chi connectivity index (χ1) is 8.87. The second kappa shape index (κ2) is 4.68. The van der Waals surface area contributed by atoms with Crippen molar-refractivity contribution in [1.29, 1.82) is 0 Å². The Morgan fingerprint density at radius 2 is 2.11 bits per heavy atom. The molecule has 100 valence electrons. The number of hydrogen-bond acceptors (Lipinski definition) is 6. The molecule has 0 atom stereocenters. The molecule has 0 aliphatic carbocycles. The molecular formula is C12H15N5O2. The van der Waals surface area contributed by atoms with E-state index in [1.807, 2.05) is 0 Å². The molecule has 0 saturated carbocycles. The molecule has 2 aromatic rings. The largest absolute Gasteiger partial charge is 0.456 e. The molecule has 0 amide bonds. The van der Waals surface area contributed by atoms with Crippen LogP contribution in [-0.4, -0.2) is 31.8 Å². The van der Waals surface area contributed by atoms with Gasteiger partial charge in [0.1, 0.15) is 11.9 Å². The molecule has 1 aromatic carbocycles. The van der Waals surface area contributed by atoms with Gasteiger partial charge in [-0.1, -0.05) is 0 Å². The quantitative estimate of drug-likeness (QED) is 0.644. The van der Waals surface area contributed by atoms with Gasteiger partial charge in [0.05, 0.1) is 11.3 Å². The number of carbonyl (C=O) groups excluding carboxylic acids is 1. The molecule has 0 fully saturated rings. The number of aromatic nitrogens is 4. The third kappa shape index (κ3) is 3.06. The van der Waals surface area contributed by atoms with Gasteiger partial charge in [-0.25, -0.2) is 4.79 Å². The number of hydrogen-bond donors (Lipinski definition) is 1. The van der Waals surface area contributed by atoms with Gasteiger partial charge in [-0.15, -0.1) is 5.10 Å². The lowest BCUT2D eigenvalue weighted by Gasteiger charge is -2.20. The number of benzene rings is 1. The third-order valence-electron chi connectivity index (χ3n) is 2.24. The van der Waals surface area contributed by atoms with Crippen LogP contribution in [-0.2, 0) is 4.74 Å². The van der Waals surface area contributed by atoms with E-state index >= 15 is 0 Å². The van der Waals surface area contributed by atoms with Gasteiger partial charge >= 0.3 is 5.97 Å². The van der Waals surface area contributed by atoms with E-state index in [2.05, 4.69) is 15.5 Å². The SMILES string of the molecule is CC(C)(C)OC(=O)c1cc(N)ccc1-n1cnnn1. The molecule has 0 radical (unpaired) electrons. The highest BCUT2D eigenvalue weighted by atomic mass is 16.6. The van der Waals surface area contributed by atoms with Crippen LogP contribution in [0, 0.1) is 0 Å². The van der Waals surface area contributed by atoms with Crippen LogP contribution < -0.4 is 5.73 Å². The fourth-order valence-electron chi connectivity index (χ4n) is 1.52. The number of rotatable bonds is 2. The van der Waals surface area contributed by atoms with E-state index in [9.17, 15) is 4.79 Å². The van der Waals surface area contributed by atoms with Crippen molar-refractivity contribution < 1.29 is 9.53 Å². The van der Waals surface area contributed by atoms with Crippen LogP contribution in [0.1, 0.15) is 31.1 Å². The Labute approximate surface area is 110 Å². The highest BCUT2D eigenvalue weighted by molar-refractivity contribution is 5.94. The van der Waals surface area contributed by atoms with Crippen molar-refractivity contribution in [2.45, 2.75) is 26.4 Å². The van der Waals surface area contributed by atoms with Crippen molar-refractivity contribution in [3.8, 4) is 5.69 Å². The lowest BCUT2D eigenvalue weighted by molar-refractivity contribution is 0.00695. The molecule has 1 heterocycles. The van der Waals surface area contributed by atoms with Crippen molar-refractivity contribution in [3.63, 3.8) is 0 Å². The number of tetrazole rings is 1. The maximum Gasteiger partial charge on any atom is 0.340 e. The average Bonchev–Trinajstić information content (AvgIpc) is 2.80. The first-order valence-corrected chi connectivity index (χ1v) is 5.73. The van der Waals surface area contributed by atoms with Crippen molar-refractivity contribution in [2.75, 3.05) is 5.73 Å². The van der Waals surface area contributed by atoms with Crippen molar-refractivity contribution >= 4 is 11.7 Å². The maximum atomic E-state index is 12.2. The predicted octanol–water partition coefficient (Wildman–Crippen LogP) is 1.20. The molecule has 19 heavy (non-hydrogen) atoms. The van der Waals surface area contributed by atoms with Crippen molar-refractivity contribution in [1.82, 2.24) is 20.2 Å². The fraction of sp³-hybridized carbons (Fsp3) is 0.333. The number of carbonyl (C=O) groups is 1. The Balaban J connectivity index is 2.44. The van der Waals surface area contributed by atoms with Crippen LogP contribution >= 0.6 is 0 Å². The molecule has 0 bridgehead atoms. The van der Waals surface area contributed by atoms with Gasteiger partial charge < -0.3 is 10.5 Å². The van der Waals surface area contributed by atoms with Crippen LogP contribution in [0.5, 0.6) is 0 Å². The van der Waals surface area contributed by atoms with E-state index in [-0.39, 0.29) is 0 Å². The van der Waals surface area contributed by atoms with Crippen LogP contribution in [0.2, 0.25) is 0 Å². The normalized spacial score (nSPS) is 11.3. The van der Waals surface area contributed by atoms with Crippen molar-refractivity contribution in [2.24, 2.45) is 0 Å². The molecule has 0 saturated heterocycles. The van der Waals surface area contributed by atoms with Gasteiger partial charge in [-0.05, 0) is 49.4 Å². The molecule has 0 aliphatic rings. The number of ether oxygens (including phenoxy) is 1. The summed E-state index contributed by atoms with van der Waals surface area (Å²) < 4.78 is 6.73. The van der Waals surface area contributed by atoms with E-state index in [1.165, 1.54) is 11.0 Å². The van der Waals surface area contributed by atoms with Crippen molar-refractivity contribution in [3.05, 3.63) is 30.1 Å². The summed E-state index contributed by atoms with van der Waals surface area (Å²) in [6, 6.07) is 4.89. The summed E-state index contributed by atoms with van der Waals surface area (Å²) in [5.41, 5.74) is 6.44. The summed E-state index contributed by atoms with van der Waals surface area (Å²) in [6.07, 6.45) is 1.40. The number of nitrogens with two attached hydrogens (primary N) is 1. The van der Waals surface area contributed by atoms with Gasteiger partial charge in [-0.3, -0.25) is 0 Å². The molecule has 1 aromatic heterocycles. The Morgan fingerprint density at radius 1 is 1.37 bits per heavy atom. The van der Waals surface area contributed by atoms with E-state index in [0.717, 1.165) is 0 Å². The Kier molecular flexibility index (Phi) is 3.20. The molecular weight excluding hydrogens is 246 g/mol. The molecule has 2 rings (SSSR count). The Bertz CT molecular complexity index is 587. The van der Waals surface area contributed by atoms with E-state index in [1.54, 1.807) is 39.0 Å². The summed E-state index contributed by atoms with van der Waals surface area (Å²) in [7, 11) is 0. The Hall–Kier alpha value is -2.44. The highest BCUT2D eigenvalue weighted by Gasteiger charge is 2.21. The molecule has 0 unspecified atom stereocenters. The lowest BCUT2D eigenvalue weighted by atomic mass is 10.1. The molecule has 0 spiro atoms. The number of nitrogens with zero attached hydrogens (tertiary/aromatic N) is 4. The second-order valence-corrected chi connectivity index (χ2v) is 5.03. The average molecular weight is 261 g/mol. The number of anilines is 1. The molecule has 7 nitrogen and oxygen atoms in total. The van der Waals surface area contributed by atoms with E-state index < -0.39 is 11.6 Å². The summed E-state index contributed by atoms with van der Waals surface area (Å²) in [5.74, 6) is -0.467. The topological polar surface area (TPSA) is 95.9 Å². The third-order valence-corrected chi connectivity index (χ3v) is 2.24. The zero-order valence-electron chi connectivity index (χ0n) is 11.0. The van der Waals surface area contributed by atoms with E-state index in [4.69, 9.17) is 10.5 Å². The lowest BCUT2D eigenvalue weighted by Crippen LogP contribution is -2.24. The minimum absolute atomic E-state index is 0.322. The predicted molar refractivity (Wildman–Crippen MR) is 68.7 cm³/mol. The van der Waals surface area contributed by atoms with E-state index in [0.29, 0.717) is 16.9 Å². The van der Waals surface area contributed by atoms with Crippen LogP contribution in [0.15, 0.2) is 24.5 Å². The first kappa shape index (κ1) is 13.0. The summed E-state index contributed by atoms with van der Waals surface area (Å²) in [4.78, 5) is 12.2. The van der Waals surface area contributed by atoms with Gasteiger partial charge in [0.15, 0.2) is 0 Å². The van der Waals surface area contributed by atoms with Gasteiger partial charge in [0.2, 0.25) is 0 Å². The van der Waals surface area contributed by atoms with Crippen LogP contribution in [0.3, 0.4) is 0 Å². The molecule has 0 aliphatic heterocycles. The summed E-state index contributed by atoms with van der Waals surface area (Å²) in [5, 5.41) is 10.9. The monoisotopic (exact) mass is 261 g/mol. The zero-order chi connectivity index (χ0) is 14.0. The minimum atomic E-state index is -0.584. The van der Waals surface area contributed by atoms with Gasteiger partial charge in [0, 0.05) is 5.69 Å². The second-order valence-electron chi connectivity index (χ2n) is 5.03. The number of nitrogen functional groups attached to an aromatic ring is 1. The fourth-order valence-corrected chi connectivity index (χ4v) is 1.52. The van der Waals surface area contributed by atoms with Crippen LogP contribution in [0.25, 0.3) is 5.69 Å². The smallest absolute Gasteiger partial charge is 0.340 e. The highest BCUT2D eigenvalue weighted by Crippen LogP contribution is 2.20. The maximum absolute atomic E-state index is 12.2. The minimum Gasteiger partial charge on any atom is -0.456 e. The molecule has 2 N–H and O–H groups in total. The summed E-state index contributed by atoms with van der Waals surface area (Å²) >= 11 is 0. The summed E-state index contributed by atoms with van der Waals surface area (Å²) in [6.45, 7) is 5.40.